The van der Waals surface area contributed by atoms with Crippen molar-refractivity contribution in [2.24, 2.45) is 0 Å². The third kappa shape index (κ3) is 3.56. The summed E-state index contributed by atoms with van der Waals surface area (Å²) in [6.07, 6.45) is 0. The van der Waals surface area contributed by atoms with Crippen molar-refractivity contribution in [1.29, 1.82) is 0 Å². The molecule has 0 aliphatic heterocycles. The molecule has 1 aromatic rings. The van der Waals surface area contributed by atoms with Crippen LogP contribution in [0, 0.1) is 13.8 Å². The lowest BCUT2D eigenvalue weighted by atomic mass is 10.3. The molecule has 94 valence electrons. The molecular weight excluding hydrogens is 240 g/mol. The van der Waals surface area contributed by atoms with E-state index in [1.807, 2.05) is 20.8 Å². The van der Waals surface area contributed by atoms with Crippen molar-refractivity contribution in [3.05, 3.63) is 16.5 Å². The Balaban J connectivity index is 2.85. The van der Waals surface area contributed by atoms with Gasteiger partial charge in [-0.1, -0.05) is 11.6 Å². The molecule has 1 aromatic heterocycles. The zero-order chi connectivity index (χ0) is 13.0. The zero-order valence-corrected chi connectivity index (χ0v) is 11.3. The second-order valence-corrected chi connectivity index (χ2v) is 4.18. The van der Waals surface area contributed by atoms with Gasteiger partial charge in [-0.3, -0.25) is 4.79 Å². The Morgan fingerprint density at radius 2 is 1.94 bits per heavy atom. The molecule has 17 heavy (non-hydrogen) atoms. The number of hydrogen-bond acceptors (Lipinski definition) is 4. The summed E-state index contributed by atoms with van der Waals surface area (Å²) < 4.78 is 0. The Labute approximate surface area is 106 Å². The molecule has 6 heteroatoms. The summed E-state index contributed by atoms with van der Waals surface area (Å²) in [5, 5.41) is 3.04. The number of nitrogens with one attached hydrogen (secondary N) is 1. The SMILES string of the molecule is CCNC(=O)CN(C)c1nc(C)c(C)nc1Cl. The van der Waals surface area contributed by atoms with Gasteiger partial charge in [-0.2, -0.15) is 0 Å². The van der Waals surface area contributed by atoms with E-state index < -0.39 is 0 Å². The fraction of sp³-hybridized carbons (Fsp3) is 0.545. The van der Waals surface area contributed by atoms with Crippen molar-refractivity contribution in [2.45, 2.75) is 20.8 Å². The molecule has 1 amide bonds. The first-order valence-corrected chi connectivity index (χ1v) is 5.82. The zero-order valence-electron chi connectivity index (χ0n) is 10.5. The van der Waals surface area contributed by atoms with Crippen LogP contribution in [0.2, 0.25) is 5.15 Å². The Bertz CT molecular complexity index is 422. The second kappa shape index (κ2) is 5.82. The van der Waals surface area contributed by atoms with Crippen molar-refractivity contribution in [3.8, 4) is 0 Å². The number of anilines is 1. The number of likely N-dealkylation sites (N-methyl/N-ethyl adjacent to an activating group) is 2. The van der Waals surface area contributed by atoms with E-state index in [4.69, 9.17) is 11.6 Å². The van der Waals surface area contributed by atoms with E-state index in [0.717, 1.165) is 11.4 Å². The predicted molar refractivity (Wildman–Crippen MR) is 68.5 cm³/mol. The van der Waals surface area contributed by atoms with E-state index in [1.54, 1.807) is 11.9 Å². The first kappa shape index (κ1) is 13.7. The molecule has 1 heterocycles. The topological polar surface area (TPSA) is 58.1 Å². The second-order valence-electron chi connectivity index (χ2n) is 3.82. The van der Waals surface area contributed by atoms with Crippen LogP contribution in [0.15, 0.2) is 0 Å². The van der Waals surface area contributed by atoms with Gasteiger partial charge in [0.1, 0.15) is 0 Å². The van der Waals surface area contributed by atoms with Gasteiger partial charge in [-0.25, -0.2) is 9.97 Å². The highest BCUT2D eigenvalue weighted by Gasteiger charge is 2.13. The number of aromatic nitrogens is 2. The van der Waals surface area contributed by atoms with Crippen LogP contribution in [0.4, 0.5) is 5.82 Å². The summed E-state index contributed by atoms with van der Waals surface area (Å²) in [6, 6.07) is 0. The largest absolute Gasteiger partial charge is 0.355 e. The minimum Gasteiger partial charge on any atom is -0.355 e. The van der Waals surface area contributed by atoms with Gasteiger partial charge in [0, 0.05) is 13.6 Å². The molecule has 0 spiro atoms. The number of carbonyl (C=O) groups excluding carboxylic acids is 1. The molecule has 0 unspecified atom stereocenters. The molecule has 0 saturated heterocycles. The van der Waals surface area contributed by atoms with Crippen LogP contribution in [0.1, 0.15) is 18.3 Å². The molecule has 0 fully saturated rings. The monoisotopic (exact) mass is 256 g/mol. The number of carbonyl (C=O) groups is 1. The van der Waals surface area contributed by atoms with Crippen molar-refractivity contribution in [1.82, 2.24) is 15.3 Å². The molecule has 0 atom stereocenters. The third-order valence-corrected chi connectivity index (χ3v) is 2.62. The third-order valence-electron chi connectivity index (χ3n) is 2.36. The molecule has 0 aliphatic rings. The maximum Gasteiger partial charge on any atom is 0.239 e. The highest BCUT2D eigenvalue weighted by Crippen LogP contribution is 2.21. The maximum absolute atomic E-state index is 11.4. The van der Waals surface area contributed by atoms with Crippen LogP contribution in [-0.2, 0) is 4.79 Å². The molecule has 0 aliphatic carbocycles. The Kier molecular flexibility index (Phi) is 4.69. The summed E-state index contributed by atoms with van der Waals surface area (Å²) in [5.74, 6) is 0.465. The molecular formula is C11H17ClN4O. The van der Waals surface area contributed by atoms with Gasteiger partial charge >= 0.3 is 0 Å². The van der Waals surface area contributed by atoms with Crippen LogP contribution in [0.5, 0.6) is 0 Å². The van der Waals surface area contributed by atoms with Gasteiger partial charge in [0.05, 0.1) is 17.9 Å². The number of aryl methyl sites for hydroxylation is 2. The fourth-order valence-corrected chi connectivity index (χ4v) is 1.66. The lowest BCUT2D eigenvalue weighted by molar-refractivity contribution is -0.119. The van der Waals surface area contributed by atoms with Gasteiger partial charge in [-0.15, -0.1) is 0 Å². The van der Waals surface area contributed by atoms with Crippen LogP contribution in [0.3, 0.4) is 0 Å². The Morgan fingerprint density at radius 1 is 1.35 bits per heavy atom. The van der Waals surface area contributed by atoms with Crippen LogP contribution >= 0.6 is 11.6 Å². The molecule has 0 aromatic carbocycles. The summed E-state index contributed by atoms with van der Waals surface area (Å²) in [6.45, 7) is 6.41. The number of halogens is 1. The smallest absolute Gasteiger partial charge is 0.239 e. The summed E-state index contributed by atoms with van der Waals surface area (Å²) in [5.41, 5.74) is 1.61. The summed E-state index contributed by atoms with van der Waals surface area (Å²) in [4.78, 5) is 21.6. The van der Waals surface area contributed by atoms with E-state index >= 15 is 0 Å². The van der Waals surface area contributed by atoms with Crippen LogP contribution in [-0.4, -0.2) is 36.0 Å². The molecule has 0 radical (unpaired) electrons. The summed E-state index contributed by atoms with van der Waals surface area (Å²) >= 11 is 6.01. The number of amides is 1. The quantitative estimate of drug-likeness (QED) is 0.883. The van der Waals surface area contributed by atoms with Gasteiger partial charge in [0.15, 0.2) is 11.0 Å². The van der Waals surface area contributed by atoms with E-state index in [0.29, 0.717) is 17.5 Å². The van der Waals surface area contributed by atoms with E-state index in [1.165, 1.54) is 0 Å². The molecule has 1 N–H and O–H groups in total. The number of hydrogen-bond donors (Lipinski definition) is 1. The fourth-order valence-electron chi connectivity index (χ4n) is 1.35. The van der Waals surface area contributed by atoms with Crippen molar-refractivity contribution < 1.29 is 4.79 Å². The summed E-state index contributed by atoms with van der Waals surface area (Å²) in [7, 11) is 1.76. The molecule has 5 nitrogen and oxygen atoms in total. The molecule has 1 rings (SSSR count). The van der Waals surface area contributed by atoms with Gasteiger partial charge in [-0.05, 0) is 20.8 Å². The number of nitrogens with zero attached hydrogens (tertiary/aromatic N) is 3. The minimum absolute atomic E-state index is 0.0638. The average molecular weight is 257 g/mol. The number of rotatable bonds is 4. The predicted octanol–water partition coefficient (Wildman–Crippen LogP) is 1.32. The van der Waals surface area contributed by atoms with E-state index in [2.05, 4.69) is 15.3 Å². The van der Waals surface area contributed by atoms with Crippen molar-refractivity contribution >= 4 is 23.3 Å². The van der Waals surface area contributed by atoms with Crippen molar-refractivity contribution in [3.63, 3.8) is 0 Å². The van der Waals surface area contributed by atoms with Crippen molar-refractivity contribution in [2.75, 3.05) is 25.0 Å². The molecule has 0 bridgehead atoms. The highest BCUT2D eigenvalue weighted by atomic mass is 35.5. The highest BCUT2D eigenvalue weighted by molar-refractivity contribution is 6.31. The van der Waals surface area contributed by atoms with Crippen LogP contribution < -0.4 is 10.2 Å². The standard InChI is InChI=1S/C11H17ClN4O/c1-5-13-9(17)6-16(4)11-10(12)14-7(2)8(3)15-11/h5-6H2,1-4H3,(H,13,17). The lowest BCUT2D eigenvalue weighted by Gasteiger charge is -2.19. The maximum atomic E-state index is 11.4. The van der Waals surface area contributed by atoms with E-state index in [-0.39, 0.29) is 12.5 Å². The normalized spacial score (nSPS) is 10.2. The first-order chi connectivity index (χ1) is 7.95. The van der Waals surface area contributed by atoms with Crippen LogP contribution in [0.25, 0.3) is 0 Å². The Morgan fingerprint density at radius 3 is 2.53 bits per heavy atom. The van der Waals surface area contributed by atoms with Gasteiger partial charge < -0.3 is 10.2 Å². The lowest BCUT2D eigenvalue weighted by Crippen LogP contribution is -2.35. The first-order valence-electron chi connectivity index (χ1n) is 5.44. The average Bonchev–Trinajstić information content (AvgIpc) is 2.23. The Hall–Kier alpha value is -1.36. The van der Waals surface area contributed by atoms with Gasteiger partial charge in [0.2, 0.25) is 5.91 Å². The minimum atomic E-state index is -0.0638. The van der Waals surface area contributed by atoms with Gasteiger partial charge in [0.25, 0.3) is 0 Å². The molecule has 0 saturated carbocycles. The van der Waals surface area contributed by atoms with E-state index in [9.17, 15) is 4.79 Å².